The number of para-hydroxylation sites is 1. The van der Waals surface area contributed by atoms with Crippen LogP contribution in [-0.4, -0.2) is 25.6 Å². The van der Waals surface area contributed by atoms with E-state index in [1.807, 2.05) is 24.3 Å². The van der Waals surface area contributed by atoms with E-state index in [4.69, 9.17) is 9.47 Å². The van der Waals surface area contributed by atoms with Gasteiger partial charge in [0, 0.05) is 6.61 Å². The minimum Gasteiger partial charge on any atom is -0.489 e. The lowest BCUT2D eigenvalue weighted by Crippen LogP contribution is -2.02. The molecule has 0 radical (unpaired) electrons. The summed E-state index contributed by atoms with van der Waals surface area (Å²) in [6, 6.07) is 7.21. The monoisotopic (exact) mass is 232 g/mol. The molecule has 1 fully saturated rings. The maximum atomic E-state index is 10.8. The molecule has 0 amide bonds. The van der Waals surface area contributed by atoms with Crippen LogP contribution in [0, 0.1) is 0 Å². The maximum absolute atomic E-state index is 10.8. The quantitative estimate of drug-likeness (QED) is 0.578. The standard InChI is InChI=1S/C14H16O3/c15-11-12-5-1-2-8-14(12)17-10-4-7-13-6-3-9-16-13/h1-2,4-5,7-8,11,13H,3,6,9-10H2. The predicted octanol–water partition coefficient (Wildman–Crippen LogP) is 2.61. The second-order valence-corrected chi connectivity index (χ2v) is 3.95. The zero-order chi connectivity index (χ0) is 11.9. The van der Waals surface area contributed by atoms with E-state index < -0.39 is 0 Å². The van der Waals surface area contributed by atoms with Crippen LogP contribution in [-0.2, 0) is 4.74 Å². The largest absolute Gasteiger partial charge is 0.489 e. The average molecular weight is 232 g/mol. The van der Waals surface area contributed by atoms with E-state index in [1.165, 1.54) is 0 Å². The minimum absolute atomic E-state index is 0.236. The number of aldehydes is 1. The summed E-state index contributed by atoms with van der Waals surface area (Å²) < 4.78 is 11.0. The molecule has 1 heterocycles. The molecule has 17 heavy (non-hydrogen) atoms. The number of hydrogen-bond acceptors (Lipinski definition) is 3. The van der Waals surface area contributed by atoms with Gasteiger partial charge >= 0.3 is 0 Å². The first-order valence-electron chi connectivity index (χ1n) is 5.85. The van der Waals surface area contributed by atoms with Gasteiger partial charge in [0.2, 0.25) is 0 Å². The molecule has 0 spiro atoms. The highest BCUT2D eigenvalue weighted by Gasteiger charge is 2.11. The SMILES string of the molecule is O=Cc1ccccc1OCC=CC1CCCO1. The van der Waals surface area contributed by atoms with Crippen LogP contribution in [0.25, 0.3) is 0 Å². The maximum Gasteiger partial charge on any atom is 0.153 e. The van der Waals surface area contributed by atoms with Crippen LogP contribution in [0.2, 0.25) is 0 Å². The van der Waals surface area contributed by atoms with Crippen molar-refractivity contribution in [2.75, 3.05) is 13.2 Å². The molecule has 0 aromatic heterocycles. The Kier molecular flexibility index (Phi) is 4.33. The third kappa shape index (κ3) is 3.43. The second-order valence-electron chi connectivity index (χ2n) is 3.95. The highest BCUT2D eigenvalue weighted by molar-refractivity contribution is 5.79. The Bertz CT molecular complexity index is 392. The van der Waals surface area contributed by atoms with Crippen molar-refractivity contribution in [3.8, 4) is 5.75 Å². The van der Waals surface area contributed by atoms with Gasteiger partial charge in [0.05, 0.1) is 11.7 Å². The summed E-state index contributed by atoms with van der Waals surface area (Å²) >= 11 is 0. The van der Waals surface area contributed by atoms with Crippen LogP contribution in [0.1, 0.15) is 23.2 Å². The van der Waals surface area contributed by atoms with E-state index in [-0.39, 0.29) is 6.10 Å². The molecule has 90 valence electrons. The third-order valence-corrected chi connectivity index (χ3v) is 2.70. The van der Waals surface area contributed by atoms with Crippen molar-refractivity contribution in [1.29, 1.82) is 0 Å². The molecule has 1 atom stereocenters. The van der Waals surface area contributed by atoms with E-state index >= 15 is 0 Å². The number of hydrogen-bond donors (Lipinski definition) is 0. The third-order valence-electron chi connectivity index (χ3n) is 2.70. The van der Waals surface area contributed by atoms with Gasteiger partial charge in [-0.25, -0.2) is 0 Å². The fourth-order valence-corrected chi connectivity index (χ4v) is 1.81. The van der Waals surface area contributed by atoms with Gasteiger partial charge in [-0.05, 0) is 31.1 Å². The molecule has 3 nitrogen and oxygen atoms in total. The average Bonchev–Trinajstić information content (AvgIpc) is 2.88. The normalized spacial score (nSPS) is 19.6. The summed E-state index contributed by atoms with van der Waals surface area (Å²) in [5.41, 5.74) is 0.581. The topological polar surface area (TPSA) is 35.5 Å². The Hall–Kier alpha value is -1.61. The molecule has 1 aromatic carbocycles. The Labute approximate surface area is 101 Å². The fourth-order valence-electron chi connectivity index (χ4n) is 1.81. The molecular formula is C14H16O3. The Balaban J connectivity index is 1.82. The summed E-state index contributed by atoms with van der Waals surface area (Å²) in [5.74, 6) is 0.625. The predicted molar refractivity (Wildman–Crippen MR) is 65.4 cm³/mol. The van der Waals surface area contributed by atoms with Crippen molar-refractivity contribution < 1.29 is 14.3 Å². The molecule has 0 bridgehead atoms. The summed E-state index contributed by atoms with van der Waals surface area (Å²) in [5, 5.41) is 0. The molecule has 2 rings (SSSR count). The summed E-state index contributed by atoms with van der Waals surface area (Å²) in [6.07, 6.45) is 7.22. The fraction of sp³-hybridized carbons (Fsp3) is 0.357. The van der Waals surface area contributed by atoms with E-state index in [2.05, 4.69) is 0 Å². The van der Waals surface area contributed by atoms with Crippen LogP contribution in [0.3, 0.4) is 0 Å². The van der Waals surface area contributed by atoms with Crippen molar-refractivity contribution >= 4 is 6.29 Å². The number of carbonyl (C=O) groups excluding carboxylic acids is 1. The lowest BCUT2D eigenvalue weighted by molar-refractivity contribution is 0.112. The van der Waals surface area contributed by atoms with Crippen LogP contribution in [0.15, 0.2) is 36.4 Å². The van der Waals surface area contributed by atoms with E-state index in [0.29, 0.717) is 17.9 Å². The Morgan fingerprint density at radius 2 is 2.29 bits per heavy atom. The van der Waals surface area contributed by atoms with Gasteiger partial charge in [0.1, 0.15) is 12.4 Å². The first-order chi connectivity index (χ1) is 8.40. The summed E-state index contributed by atoms with van der Waals surface area (Å²) in [6.45, 7) is 1.31. The van der Waals surface area contributed by atoms with E-state index in [1.54, 1.807) is 12.1 Å². The van der Waals surface area contributed by atoms with Gasteiger partial charge in [-0.2, -0.15) is 0 Å². The van der Waals surface area contributed by atoms with Crippen LogP contribution < -0.4 is 4.74 Å². The number of ether oxygens (including phenoxy) is 2. The van der Waals surface area contributed by atoms with E-state index in [9.17, 15) is 4.79 Å². The van der Waals surface area contributed by atoms with Crippen molar-refractivity contribution in [3.05, 3.63) is 42.0 Å². The summed E-state index contributed by atoms with van der Waals surface area (Å²) in [7, 11) is 0. The molecular weight excluding hydrogens is 216 g/mol. The minimum atomic E-state index is 0.236. The van der Waals surface area contributed by atoms with Crippen molar-refractivity contribution in [2.24, 2.45) is 0 Å². The number of carbonyl (C=O) groups is 1. The molecule has 1 aromatic rings. The highest BCUT2D eigenvalue weighted by Crippen LogP contribution is 2.16. The number of rotatable bonds is 5. The van der Waals surface area contributed by atoms with Gasteiger partial charge in [0.15, 0.2) is 6.29 Å². The second kappa shape index (κ2) is 6.21. The van der Waals surface area contributed by atoms with Crippen LogP contribution in [0.5, 0.6) is 5.75 Å². The van der Waals surface area contributed by atoms with Gasteiger partial charge < -0.3 is 9.47 Å². The van der Waals surface area contributed by atoms with Crippen LogP contribution in [0.4, 0.5) is 0 Å². The summed E-state index contributed by atoms with van der Waals surface area (Å²) in [4.78, 5) is 10.8. The molecule has 1 unspecified atom stereocenters. The van der Waals surface area contributed by atoms with Crippen molar-refractivity contribution in [2.45, 2.75) is 18.9 Å². The van der Waals surface area contributed by atoms with Gasteiger partial charge in [-0.3, -0.25) is 4.79 Å². The molecule has 1 aliphatic rings. The van der Waals surface area contributed by atoms with Gasteiger partial charge in [0.25, 0.3) is 0 Å². The van der Waals surface area contributed by atoms with Crippen molar-refractivity contribution in [3.63, 3.8) is 0 Å². The molecule has 0 N–H and O–H groups in total. The molecule has 3 heteroatoms. The zero-order valence-electron chi connectivity index (χ0n) is 9.67. The Morgan fingerprint density at radius 3 is 3.06 bits per heavy atom. The molecule has 1 saturated heterocycles. The lowest BCUT2D eigenvalue weighted by atomic mass is 10.2. The molecule has 1 aliphatic heterocycles. The first-order valence-corrected chi connectivity index (χ1v) is 5.85. The zero-order valence-corrected chi connectivity index (χ0v) is 9.67. The molecule has 0 aliphatic carbocycles. The highest BCUT2D eigenvalue weighted by atomic mass is 16.5. The van der Waals surface area contributed by atoms with Crippen molar-refractivity contribution in [1.82, 2.24) is 0 Å². The Morgan fingerprint density at radius 1 is 1.41 bits per heavy atom. The van der Waals surface area contributed by atoms with E-state index in [0.717, 1.165) is 25.7 Å². The molecule has 0 saturated carbocycles. The number of benzene rings is 1. The van der Waals surface area contributed by atoms with Gasteiger partial charge in [-0.15, -0.1) is 0 Å². The van der Waals surface area contributed by atoms with Crippen LogP contribution >= 0.6 is 0 Å². The smallest absolute Gasteiger partial charge is 0.153 e. The lowest BCUT2D eigenvalue weighted by Gasteiger charge is -2.06. The van der Waals surface area contributed by atoms with Gasteiger partial charge in [-0.1, -0.05) is 18.2 Å². The first kappa shape index (κ1) is 11.9.